The van der Waals surface area contributed by atoms with Gasteiger partial charge in [-0.05, 0) is 0 Å². The molecule has 0 fully saturated rings. The standard InChI is InChI=1S/C2H5NO.H2O3S/c3-1-2-4;1-4(2)3/h2H,1,3H2;(H2,1,2,3). The summed E-state index contributed by atoms with van der Waals surface area (Å²) in [7, 11) is 0. The molecular weight excluding hydrogens is 134 g/mol. The number of rotatable bonds is 1. The van der Waals surface area contributed by atoms with Crippen LogP contribution in [0.1, 0.15) is 0 Å². The molecule has 0 saturated carbocycles. The SMILES string of the molecule is NCC=O.O=S(O)O. The van der Waals surface area contributed by atoms with Crippen LogP contribution in [0.25, 0.3) is 0 Å². The maximum Gasteiger partial charge on any atom is 0.299 e. The highest BCUT2D eigenvalue weighted by Gasteiger charge is 1.62. The van der Waals surface area contributed by atoms with Gasteiger partial charge in [0.1, 0.15) is 6.29 Å². The molecule has 0 radical (unpaired) electrons. The Balaban J connectivity index is 0. The summed E-state index contributed by atoms with van der Waals surface area (Å²) in [6, 6.07) is 0. The second kappa shape index (κ2) is 9.85. The second-order valence-corrected chi connectivity index (χ2v) is 1.09. The molecule has 0 atom stereocenters. The Morgan fingerprint density at radius 1 is 1.62 bits per heavy atom. The van der Waals surface area contributed by atoms with Crippen LogP contribution in [0, 0.1) is 0 Å². The van der Waals surface area contributed by atoms with Crippen LogP contribution in [0.15, 0.2) is 0 Å². The maximum atomic E-state index is 9.05. The van der Waals surface area contributed by atoms with Crippen molar-refractivity contribution in [1.29, 1.82) is 0 Å². The number of carbonyl (C=O) groups is 1. The van der Waals surface area contributed by atoms with Crippen molar-refractivity contribution in [2.75, 3.05) is 6.54 Å². The molecule has 0 rings (SSSR count). The molecule has 50 valence electrons. The van der Waals surface area contributed by atoms with Crippen LogP contribution >= 0.6 is 0 Å². The van der Waals surface area contributed by atoms with Crippen LogP contribution in [0.3, 0.4) is 0 Å². The molecule has 0 aliphatic rings. The van der Waals surface area contributed by atoms with Gasteiger partial charge in [0.05, 0.1) is 0 Å². The van der Waals surface area contributed by atoms with Gasteiger partial charge in [0.15, 0.2) is 0 Å². The van der Waals surface area contributed by atoms with E-state index in [2.05, 4.69) is 5.73 Å². The zero-order chi connectivity index (χ0) is 6.99. The molecule has 0 spiro atoms. The van der Waals surface area contributed by atoms with Crippen LogP contribution in [0.5, 0.6) is 0 Å². The van der Waals surface area contributed by atoms with Crippen molar-refractivity contribution in [2.45, 2.75) is 0 Å². The summed E-state index contributed by atoms with van der Waals surface area (Å²) in [6.45, 7) is 0.139. The van der Waals surface area contributed by atoms with Crippen LogP contribution < -0.4 is 5.73 Å². The number of hydrogen-bond donors (Lipinski definition) is 3. The lowest BCUT2D eigenvalue weighted by molar-refractivity contribution is -0.106. The average molecular weight is 141 g/mol. The highest BCUT2D eigenvalue weighted by molar-refractivity contribution is 7.73. The van der Waals surface area contributed by atoms with Crippen molar-refractivity contribution in [3.63, 3.8) is 0 Å². The molecule has 0 bridgehead atoms. The molecule has 8 heavy (non-hydrogen) atoms. The van der Waals surface area contributed by atoms with Crippen LogP contribution in [-0.4, -0.2) is 26.1 Å². The van der Waals surface area contributed by atoms with Gasteiger partial charge >= 0.3 is 0 Å². The van der Waals surface area contributed by atoms with E-state index in [1.165, 1.54) is 0 Å². The predicted molar refractivity (Wildman–Crippen MR) is 28.5 cm³/mol. The molecule has 0 aromatic carbocycles. The zero-order valence-electron chi connectivity index (χ0n) is 3.98. The van der Waals surface area contributed by atoms with Crippen molar-refractivity contribution in [2.24, 2.45) is 5.73 Å². The van der Waals surface area contributed by atoms with Crippen molar-refractivity contribution in [3.05, 3.63) is 0 Å². The Morgan fingerprint density at radius 3 is 1.75 bits per heavy atom. The largest absolute Gasteiger partial charge is 0.324 e. The monoisotopic (exact) mass is 141 g/mol. The maximum absolute atomic E-state index is 9.05. The van der Waals surface area contributed by atoms with E-state index in [1.54, 1.807) is 0 Å². The number of carbonyl (C=O) groups excluding carboxylic acids is 1. The van der Waals surface area contributed by atoms with Crippen LogP contribution in [0.4, 0.5) is 0 Å². The topological polar surface area (TPSA) is 101 Å². The summed E-state index contributed by atoms with van der Waals surface area (Å²) < 4.78 is 22.8. The molecule has 0 aliphatic carbocycles. The van der Waals surface area contributed by atoms with Gasteiger partial charge in [-0.15, -0.1) is 0 Å². The van der Waals surface area contributed by atoms with Crippen molar-refractivity contribution < 1.29 is 18.1 Å². The third kappa shape index (κ3) is 257. The number of hydrogen-bond acceptors (Lipinski definition) is 3. The summed E-state index contributed by atoms with van der Waals surface area (Å²) in [6.07, 6.45) is 0.653. The first-order valence-corrected chi connectivity index (χ1v) is 2.65. The van der Waals surface area contributed by atoms with Gasteiger partial charge in [0.25, 0.3) is 11.4 Å². The third-order valence-corrected chi connectivity index (χ3v) is 0.0962. The summed E-state index contributed by atoms with van der Waals surface area (Å²) in [4.78, 5) is 9.05. The molecule has 0 amide bonds. The molecular formula is C2H7NO4S. The fourth-order valence-corrected chi connectivity index (χ4v) is 0. The molecule has 0 aromatic rings. The molecule has 5 nitrogen and oxygen atoms in total. The normalized spacial score (nSPS) is 7.50. The average Bonchev–Trinajstić information content (AvgIpc) is 1.65. The van der Waals surface area contributed by atoms with Gasteiger partial charge in [0, 0.05) is 6.54 Å². The first-order chi connectivity index (χ1) is 3.65. The molecule has 0 saturated heterocycles. The Bertz CT molecular complexity index is 70.4. The van der Waals surface area contributed by atoms with E-state index in [9.17, 15) is 0 Å². The number of aldehydes is 1. The minimum Gasteiger partial charge on any atom is -0.324 e. The summed E-state index contributed by atoms with van der Waals surface area (Å²) in [5, 5.41) is 0. The Hall–Kier alpha value is -0.300. The van der Waals surface area contributed by atoms with E-state index in [-0.39, 0.29) is 6.54 Å². The van der Waals surface area contributed by atoms with E-state index in [4.69, 9.17) is 18.1 Å². The fraction of sp³-hybridized carbons (Fsp3) is 0.500. The van der Waals surface area contributed by atoms with Gasteiger partial charge in [-0.25, -0.2) is 0 Å². The van der Waals surface area contributed by atoms with E-state index < -0.39 is 11.4 Å². The lowest BCUT2D eigenvalue weighted by Gasteiger charge is -1.59. The summed E-state index contributed by atoms with van der Waals surface area (Å²) >= 11 is -2.61. The minimum absolute atomic E-state index is 0.139. The molecule has 0 unspecified atom stereocenters. The van der Waals surface area contributed by atoms with Gasteiger partial charge in [-0.1, -0.05) is 0 Å². The first kappa shape index (κ1) is 10.6. The molecule has 0 heterocycles. The van der Waals surface area contributed by atoms with Crippen LogP contribution in [0.2, 0.25) is 0 Å². The lowest BCUT2D eigenvalue weighted by Crippen LogP contribution is -1.97. The second-order valence-electron chi connectivity index (χ2n) is 0.633. The summed E-state index contributed by atoms with van der Waals surface area (Å²) in [5.41, 5.74) is 4.66. The fourth-order valence-electron chi connectivity index (χ4n) is 0. The quantitative estimate of drug-likeness (QED) is 0.315. The van der Waals surface area contributed by atoms with E-state index >= 15 is 0 Å². The molecule has 0 aliphatic heterocycles. The summed E-state index contributed by atoms with van der Waals surface area (Å²) in [5.74, 6) is 0. The van der Waals surface area contributed by atoms with Gasteiger partial charge in [-0.3, -0.25) is 9.11 Å². The third-order valence-electron chi connectivity index (χ3n) is 0.0962. The van der Waals surface area contributed by atoms with Crippen molar-refractivity contribution in [1.82, 2.24) is 0 Å². The molecule has 6 heteroatoms. The van der Waals surface area contributed by atoms with Crippen LogP contribution in [-0.2, 0) is 16.2 Å². The van der Waals surface area contributed by atoms with E-state index in [0.29, 0.717) is 6.29 Å². The van der Waals surface area contributed by atoms with Gasteiger partial charge < -0.3 is 10.5 Å². The van der Waals surface area contributed by atoms with Crippen molar-refractivity contribution >= 4 is 17.6 Å². The van der Waals surface area contributed by atoms with E-state index in [0.717, 1.165) is 0 Å². The smallest absolute Gasteiger partial charge is 0.299 e. The lowest BCUT2D eigenvalue weighted by atomic mass is 10.8. The highest BCUT2D eigenvalue weighted by Crippen LogP contribution is 1.44. The molecule has 0 aromatic heterocycles. The first-order valence-electron chi connectivity index (χ1n) is 1.58. The Kier molecular flexibility index (Phi) is 13.1. The van der Waals surface area contributed by atoms with Gasteiger partial charge in [-0.2, -0.15) is 4.21 Å². The Morgan fingerprint density at radius 2 is 1.75 bits per heavy atom. The zero-order valence-corrected chi connectivity index (χ0v) is 4.80. The predicted octanol–water partition coefficient (Wildman–Crippen LogP) is -1.17. The molecule has 4 N–H and O–H groups in total. The number of nitrogens with two attached hydrogens (primary N) is 1. The highest BCUT2D eigenvalue weighted by atomic mass is 32.2. The Labute approximate surface area is 49.0 Å². The van der Waals surface area contributed by atoms with Gasteiger partial charge in [0.2, 0.25) is 0 Å². The minimum atomic E-state index is -2.61. The van der Waals surface area contributed by atoms with E-state index in [1.807, 2.05) is 0 Å². The van der Waals surface area contributed by atoms with Crippen molar-refractivity contribution in [3.8, 4) is 0 Å².